The van der Waals surface area contributed by atoms with Crippen LogP contribution in [0.25, 0.3) is 0 Å². The molecule has 0 radical (unpaired) electrons. The third-order valence-electron chi connectivity index (χ3n) is 4.84. The Bertz CT molecular complexity index is 904. The van der Waals surface area contributed by atoms with Crippen LogP contribution < -0.4 is 10.2 Å². The van der Waals surface area contributed by atoms with Crippen LogP contribution in [0.3, 0.4) is 0 Å². The smallest absolute Gasteiger partial charge is 0.407 e. The molecule has 1 aliphatic heterocycles. The number of halogens is 1. The van der Waals surface area contributed by atoms with E-state index >= 15 is 0 Å². The molecular formula is C21H27BrN4O3. The van der Waals surface area contributed by atoms with Crippen molar-refractivity contribution in [2.24, 2.45) is 5.92 Å². The molecule has 0 saturated carbocycles. The number of aromatic nitrogens is 2. The van der Waals surface area contributed by atoms with Crippen molar-refractivity contribution in [3.05, 3.63) is 46.2 Å². The second-order valence-corrected chi connectivity index (χ2v) is 9.23. The minimum atomic E-state index is -0.522. The van der Waals surface area contributed by atoms with Gasteiger partial charge in [0.2, 0.25) is 0 Å². The highest BCUT2D eigenvalue weighted by atomic mass is 79.9. The quantitative estimate of drug-likeness (QED) is 0.744. The van der Waals surface area contributed by atoms with Crippen molar-refractivity contribution >= 4 is 33.6 Å². The van der Waals surface area contributed by atoms with Gasteiger partial charge in [-0.3, -0.25) is 9.48 Å². The molecule has 2 aromatic rings. The molecule has 1 aliphatic rings. The number of nitrogens with zero attached hydrogens (tertiary/aromatic N) is 3. The van der Waals surface area contributed by atoms with Crippen LogP contribution in [-0.2, 0) is 17.7 Å². The van der Waals surface area contributed by atoms with Crippen LogP contribution in [0.5, 0.6) is 0 Å². The number of fused-ring (bicyclic) bond motifs is 1. The third kappa shape index (κ3) is 5.38. The van der Waals surface area contributed by atoms with E-state index in [0.717, 1.165) is 28.8 Å². The number of amides is 2. The SMILES string of the molecule is CN(C(=O)c1cnn2c1CC(CNC(=O)OC(C)(C)C)CC2)c1cccc(Br)c1. The highest BCUT2D eigenvalue weighted by Gasteiger charge is 2.28. The normalized spacial score (nSPS) is 16.1. The summed E-state index contributed by atoms with van der Waals surface area (Å²) in [4.78, 5) is 26.6. The Hall–Kier alpha value is -2.35. The lowest BCUT2D eigenvalue weighted by Crippen LogP contribution is -2.37. The van der Waals surface area contributed by atoms with Gasteiger partial charge in [-0.25, -0.2) is 4.79 Å². The Morgan fingerprint density at radius 2 is 2.14 bits per heavy atom. The van der Waals surface area contributed by atoms with Gasteiger partial charge in [0.05, 0.1) is 17.5 Å². The maximum atomic E-state index is 13.1. The van der Waals surface area contributed by atoms with E-state index in [2.05, 4.69) is 26.3 Å². The Kier molecular flexibility index (Phi) is 6.31. The number of carbonyl (C=O) groups is 2. The van der Waals surface area contributed by atoms with E-state index in [1.807, 2.05) is 49.7 Å². The van der Waals surface area contributed by atoms with Crippen molar-refractivity contribution in [3.8, 4) is 0 Å². The molecule has 0 spiro atoms. The van der Waals surface area contributed by atoms with Crippen molar-refractivity contribution in [3.63, 3.8) is 0 Å². The fourth-order valence-electron chi connectivity index (χ4n) is 3.38. The first kappa shape index (κ1) is 21.4. The van der Waals surface area contributed by atoms with Crippen LogP contribution >= 0.6 is 15.9 Å². The van der Waals surface area contributed by atoms with Gasteiger partial charge in [-0.1, -0.05) is 22.0 Å². The summed E-state index contributed by atoms with van der Waals surface area (Å²) in [6, 6.07) is 7.62. The number of anilines is 1. The molecule has 1 aromatic heterocycles. The van der Waals surface area contributed by atoms with Gasteiger partial charge in [-0.2, -0.15) is 5.10 Å². The molecule has 0 aliphatic carbocycles. The molecule has 1 unspecified atom stereocenters. The summed E-state index contributed by atoms with van der Waals surface area (Å²) in [5.74, 6) is 0.138. The number of hydrogen-bond donors (Lipinski definition) is 1. The summed E-state index contributed by atoms with van der Waals surface area (Å²) in [7, 11) is 1.76. The maximum absolute atomic E-state index is 13.1. The van der Waals surface area contributed by atoms with E-state index in [1.54, 1.807) is 18.1 Å². The molecule has 8 heteroatoms. The summed E-state index contributed by atoms with van der Waals surface area (Å²) in [6.07, 6.45) is 2.81. The largest absolute Gasteiger partial charge is 0.444 e. The van der Waals surface area contributed by atoms with Gasteiger partial charge >= 0.3 is 6.09 Å². The summed E-state index contributed by atoms with van der Waals surface area (Å²) in [6.45, 7) is 6.75. The highest BCUT2D eigenvalue weighted by molar-refractivity contribution is 9.10. The average Bonchev–Trinajstić information content (AvgIpc) is 3.07. The number of aryl methyl sites for hydroxylation is 1. The Morgan fingerprint density at radius 3 is 2.83 bits per heavy atom. The summed E-state index contributed by atoms with van der Waals surface area (Å²) in [5, 5.41) is 7.24. The number of benzene rings is 1. The molecule has 3 rings (SSSR count). The van der Waals surface area contributed by atoms with E-state index in [1.165, 1.54) is 0 Å². The molecule has 2 amide bonds. The Balaban J connectivity index is 1.67. The molecule has 0 fully saturated rings. The predicted molar refractivity (Wildman–Crippen MR) is 115 cm³/mol. The van der Waals surface area contributed by atoms with Crippen molar-refractivity contribution in [2.45, 2.75) is 45.8 Å². The van der Waals surface area contributed by atoms with Crippen molar-refractivity contribution < 1.29 is 14.3 Å². The third-order valence-corrected chi connectivity index (χ3v) is 5.34. The Morgan fingerprint density at radius 1 is 1.38 bits per heavy atom. The molecule has 29 heavy (non-hydrogen) atoms. The minimum Gasteiger partial charge on any atom is -0.444 e. The number of alkyl carbamates (subject to hydrolysis) is 1. The Labute approximate surface area is 179 Å². The zero-order valence-electron chi connectivity index (χ0n) is 17.2. The van der Waals surface area contributed by atoms with Gasteiger partial charge in [-0.05, 0) is 57.7 Å². The monoisotopic (exact) mass is 462 g/mol. The van der Waals surface area contributed by atoms with E-state index in [9.17, 15) is 9.59 Å². The predicted octanol–water partition coefficient (Wildman–Crippen LogP) is 4.01. The summed E-state index contributed by atoms with van der Waals surface area (Å²) >= 11 is 3.44. The summed E-state index contributed by atoms with van der Waals surface area (Å²) < 4.78 is 8.11. The zero-order chi connectivity index (χ0) is 21.2. The number of rotatable bonds is 4. The van der Waals surface area contributed by atoms with E-state index in [4.69, 9.17) is 4.74 Å². The second-order valence-electron chi connectivity index (χ2n) is 8.31. The molecule has 2 heterocycles. The summed E-state index contributed by atoms with van der Waals surface area (Å²) in [5.41, 5.74) is 1.81. The number of nitrogens with one attached hydrogen (secondary N) is 1. The van der Waals surface area contributed by atoms with E-state index < -0.39 is 11.7 Å². The van der Waals surface area contributed by atoms with Crippen molar-refractivity contribution in [2.75, 3.05) is 18.5 Å². The molecular weight excluding hydrogens is 436 g/mol. The maximum Gasteiger partial charge on any atom is 0.407 e. The van der Waals surface area contributed by atoms with Crippen molar-refractivity contribution in [1.82, 2.24) is 15.1 Å². The van der Waals surface area contributed by atoms with E-state index in [0.29, 0.717) is 18.5 Å². The lowest BCUT2D eigenvalue weighted by atomic mass is 9.94. The molecule has 1 N–H and O–H groups in total. The molecule has 156 valence electrons. The van der Waals surface area contributed by atoms with Crippen LogP contribution in [0, 0.1) is 5.92 Å². The van der Waals surface area contributed by atoms with Gasteiger partial charge in [0.25, 0.3) is 5.91 Å². The lowest BCUT2D eigenvalue weighted by molar-refractivity contribution is 0.0516. The fourth-order valence-corrected chi connectivity index (χ4v) is 3.76. The number of carbonyl (C=O) groups excluding carboxylic acids is 2. The van der Waals surface area contributed by atoms with Gasteiger partial charge < -0.3 is 15.0 Å². The first-order chi connectivity index (χ1) is 13.6. The minimum absolute atomic E-state index is 0.0925. The van der Waals surface area contributed by atoms with Crippen molar-refractivity contribution in [1.29, 1.82) is 0 Å². The number of ether oxygens (including phenoxy) is 1. The standard InChI is InChI=1S/C21H27BrN4O3/c1-21(2,3)29-20(28)23-12-14-8-9-26-18(10-14)17(13-24-26)19(27)25(4)16-7-5-6-15(22)11-16/h5-7,11,13-14H,8-10,12H2,1-4H3,(H,23,28). The van der Waals surface area contributed by atoms with E-state index in [-0.39, 0.29) is 11.8 Å². The van der Waals surface area contributed by atoms with Crippen LogP contribution in [0.1, 0.15) is 43.2 Å². The molecule has 1 aromatic carbocycles. The molecule has 1 atom stereocenters. The molecule has 0 bridgehead atoms. The fraction of sp³-hybridized carbons (Fsp3) is 0.476. The number of hydrogen-bond acceptors (Lipinski definition) is 4. The van der Waals surface area contributed by atoms with Crippen LogP contribution in [0.2, 0.25) is 0 Å². The second kappa shape index (κ2) is 8.57. The van der Waals surface area contributed by atoms with Crippen LogP contribution in [-0.4, -0.2) is 41.0 Å². The van der Waals surface area contributed by atoms with Crippen LogP contribution in [0.4, 0.5) is 10.5 Å². The van der Waals surface area contributed by atoms with Gasteiger partial charge in [-0.15, -0.1) is 0 Å². The highest BCUT2D eigenvalue weighted by Crippen LogP contribution is 2.26. The first-order valence-electron chi connectivity index (χ1n) is 9.69. The topological polar surface area (TPSA) is 76.5 Å². The first-order valence-corrected chi connectivity index (χ1v) is 10.5. The van der Waals surface area contributed by atoms with Gasteiger partial charge in [0, 0.05) is 30.3 Å². The molecule has 7 nitrogen and oxygen atoms in total. The zero-order valence-corrected chi connectivity index (χ0v) is 18.8. The van der Waals surface area contributed by atoms with Crippen LogP contribution in [0.15, 0.2) is 34.9 Å². The average molecular weight is 463 g/mol. The lowest BCUT2D eigenvalue weighted by Gasteiger charge is -2.26. The van der Waals surface area contributed by atoms with Gasteiger partial charge in [0.15, 0.2) is 0 Å². The molecule has 0 saturated heterocycles. The van der Waals surface area contributed by atoms with Gasteiger partial charge in [0.1, 0.15) is 5.60 Å².